The Morgan fingerprint density at radius 3 is 1.24 bits per heavy atom. The van der Waals surface area contributed by atoms with Gasteiger partial charge in [-0.2, -0.15) is 0 Å². The van der Waals surface area contributed by atoms with E-state index in [-0.39, 0.29) is 331 Å². The zero-order chi connectivity index (χ0) is 71.5. The van der Waals surface area contributed by atoms with Gasteiger partial charge in [-0.3, -0.25) is 21.5 Å². The number of nitrogens with one attached hydrogen (secondary N) is 3. The Hall–Kier alpha value is 4.88. The quantitative estimate of drug-likeness (QED) is 0.0207. The summed E-state index contributed by atoms with van der Waals surface area (Å²) in [6.07, 6.45) is -27.3. The maximum absolute atomic E-state index is 11.4. The number of aliphatic hydroxyl groups is 9. The largest absolute Gasteiger partial charge is 1.00 e. The zero-order valence-corrected chi connectivity index (χ0v) is 79.8. The average molecular weight is 1790 g/mol. The third-order valence-electron chi connectivity index (χ3n) is 12.0. The summed E-state index contributed by atoms with van der Waals surface area (Å²) in [6.45, 7) is -3.20. The van der Waals surface area contributed by atoms with Crippen LogP contribution in [-0.4, -0.2) is 339 Å². The predicted molar refractivity (Wildman–Crippen MR) is 294 cm³/mol. The zero-order valence-electron chi connectivity index (χ0n) is 56.9. The van der Waals surface area contributed by atoms with Gasteiger partial charge in [0, 0.05) is 32.7 Å². The molecule has 0 aliphatic carbocycles. The molecule has 6 heterocycles. The molecule has 108 heavy (non-hydrogen) atoms. The van der Waals surface area contributed by atoms with Crippen molar-refractivity contribution in [2.75, 3.05) is 46.2 Å². The molecule has 0 bridgehead atoms. The number of carbonyl (C=O) groups excluding carboxylic acids is 4. The maximum Gasteiger partial charge on any atom is 1.00 e. The van der Waals surface area contributed by atoms with Crippen molar-refractivity contribution in [1.29, 1.82) is 0 Å². The number of aliphatic hydroxyl groups excluding tert-OH is 9. The molecular weight excluding hydrogens is 1720 g/mol. The minimum atomic E-state index is -5.06. The number of ether oxygens (including phenoxy) is 8. The molecule has 0 spiro atoms. The molecule has 594 valence electrons. The molecule has 52 nitrogen and oxygen atoms in total. The number of carboxylic acids is 2. The Bertz CT molecular complexity index is 3180. The molecule has 6 rings (SSSR count). The molecule has 6 aliphatic heterocycles. The minimum absolute atomic E-state index is 0. The molecular formula is C41H76N3Na9O49S6. The average Bonchev–Trinajstić information content (AvgIpc) is 0.818. The Kier molecular flexibility index (Phi) is 90.2. The molecule has 0 saturated carbocycles. The van der Waals surface area contributed by atoms with Gasteiger partial charge >= 0.3 is 266 Å². The molecule has 67 heteroatoms. The third kappa shape index (κ3) is 59.6. The summed E-state index contributed by atoms with van der Waals surface area (Å²) in [5, 5.41) is 120. The summed E-state index contributed by atoms with van der Waals surface area (Å²) in [5.74, 6) is -4.66. The number of carbonyl (C=O) groups is 4. The summed E-state index contributed by atoms with van der Waals surface area (Å²) in [6, 6.07) is -4.47. The van der Waals surface area contributed by atoms with Crippen molar-refractivity contribution in [3.8, 4) is 0 Å². The number of hydrogen-bond donors (Lipinski definition) is 12. The monoisotopic (exact) mass is 1790 g/mol. The van der Waals surface area contributed by atoms with Crippen LogP contribution in [0.15, 0.2) is 11.8 Å². The van der Waals surface area contributed by atoms with Crippen molar-refractivity contribution < 1.29 is 495 Å². The van der Waals surface area contributed by atoms with Crippen molar-refractivity contribution in [2.24, 2.45) is 0 Å². The van der Waals surface area contributed by atoms with Crippen LogP contribution in [0.4, 0.5) is 0 Å². The van der Waals surface area contributed by atoms with Crippen molar-refractivity contribution in [2.45, 2.75) is 177 Å². The van der Waals surface area contributed by atoms with E-state index in [0.717, 1.165) is 6.92 Å². The fourth-order valence-electron chi connectivity index (χ4n) is 8.12. The number of hydrogen-bond acceptors (Lipinski definition) is 46. The summed E-state index contributed by atoms with van der Waals surface area (Å²) in [7, 11) is -30.0. The first-order valence-electron chi connectivity index (χ1n) is 25.0. The number of amides is 1. The van der Waals surface area contributed by atoms with Crippen molar-refractivity contribution in [1.82, 2.24) is 14.8 Å². The Morgan fingerprint density at radius 1 is 0.519 bits per heavy atom. The van der Waals surface area contributed by atoms with E-state index >= 15 is 0 Å². The van der Waals surface area contributed by atoms with Crippen molar-refractivity contribution >= 4 is 86.5 Å². The SMILES string of the molecule is C.C.C.CC(=O)NC1C(O)CC(COS(=O)(=O)[O-])OC1OC1C(C(=O)[O-])OCC(O)C1O.O.O.O.O=C([O-])C1=CC(O)C(OS(=O)(=O)[O-])CO1.O=C[O-].O=S(=O)([O-])NC1C(O)CC(COS(=O)(=O)[O-])OC1O.O=S(=O)([O-])NC1C(O)CC(COS(=O)(=O)[O-])OC1OC1COCC(O)C1O.[Na+].[Na+].[Na+].[Na+].[Na+].[Na+].[Na+].[Na+].[Na+]. The Labute approximate surface area is 819 Å². The first-order valence-corrected chi connectivity index (χ1v) is 33.2. The van der Waals surface area contributed by atoms with Gasteiger partial charge < -0.3 is 163 Å². The second-order valence-electron chi connectivity index (χ2n) is 19.1. The van der Waals surface area contributed by atoms with E-state index in [0.29, 0.717) is 6.08 Å². The van der Waals surface area contributed by atoms with E-state index in [4.69, 9.17) is 43.1 Å². The van der Waals surface area contributed by atoms with Gasteiger partial charge in [-0.1, -0.05) is 22.3 Å². The molecule has 0 radical (unpaired) electrons. The Morgan fingerprint density at radius 2 is 0.889 bits per heavy atom. The van der Waals surface area contributed by atoms with Crippen LogP contribution < -0.4 is 296 Å². The molecule has 6 aliphatic rings. The van der Waals surface area contributed by atoms with Crippen LogP contribution in [0.1, 0.15) is 48.5 Å². The van der Waals surface area contributed by atoms with Crippen LogP contribution in [0, 0.1) is 0 Å². The molecule has 18 N–H and O–H groups in total. The number of carboxylic acid groups (broad SMARTS) is 3. The van der Waals surface area contributed by atoms with E-state index in [1.807, 2.05) is 0 Å². The van der Waals surface area contributed by atoms with Crippen LogP contribution in [0.3, 0.4) is 0 Å². The van der Waals surface area contributed by atoms with Gasteiger partial charge in [0.25, 0.3) is 0 Å². The topological polar surface area (TPSA) is 904 Å². The number of rotatable bonds is 22. The Balaban J connectivity index is -0.0000000877. The van der Waals surface area contributed by atoms with E-state index in [1.165, 1.54) is 4.72 Å². The van der Waals surface area contributed by atoms with E-state index in [9.17, 15) is 148 Å². The van der Waals surface area contributed by atoms with E-state index in [2.05, 4.69) is 26.8 Å². The van der Waals surface area contributed by atoms with Crippen molar-refractivity contribution in [3.05, 3.63) is 11.8 Å². The van der Waals surface area contributed by atoms with Crippen LogP contribution in [0.2, 0.25) is 0 Å². The van der Waals surface area contributed by atoms with Crippen LogP contribution in [-0.2, 0) is 136 Å². The van der Waals surface area contributed by atoms with Crippen LogP contribution >= 0.6 is 0 Å². The van der Waals surface area contributed by atoms with Gasteiger partial charge in [-0.05, 0) is 6.08 Å². The minimum Gasteiger partial charge on any atom is -0.735 e. The van der Waals surface area contributed by atoms with Gasteiger partial charge in [0.2, 0.25) is 47.5 Å². The van der Waals surface area contributed by atoms with Crippen molar-refractivity contribution in [3.63, 3.8) is 0 Å². The molecule has 5 fully saturated rings. The molecule has 21 unspecified atom stereocenters. The molecule has 21 atom stereocenters. The molecule has 0 aromatic rings. The molecule has 0 aromatic heterocycles. The summed E-state index contributed by atoms with van der Waals surface area (Å²) < 4.78 is 248. The second-order valence-corrected chi connectivity index (χ2v) is 25.5. The first kappa shape index (κ1) is 145. The predicted octanol–water partition coefficient (Wildman–Crippen LogP) is -45.8. The first-order chi connectivity index (χ1) is 42.4. The fraction of sp³-hybridized carbons (Fsp3) is 0.854. The van der Waals surface area contributed by atoms with E-state index < -0.39 is 260 Å². The molecule has 1 amide bonds. The van der Waals surface area contributed by atoms with Gasteiger partial charge in [0.05, 0.1) is 94.3 Å². The van der Waals surface area contributed by atoms with Gasteiger partial charge in [-0.15, -0.1) is 0 Å². The molecule has 5 saturated heterocycles. The van der Waals surface area contributed by atoms with Gasteiger partial charge in [-0.25, -0.2) is 60.0 Å². The fourth-order valence-corrected chi connectivity index (χ4v) is 10.8. The normalized spacial score (nSPS) is 29.6. The van der Waals surface area contributed by atoms with Crippen LogP contribution in [0.25, 0.3) is 0 Å². The summed E-state index contributed by atoms with van der Waals surface area (Å²) >= 11 is 0. The van der Waals surface area contributed by atoms with Gasteiger partial charge in [0.15, 0.2) is 39.5 Å². The summed E-state index contributed by atoms with van der Waals surface area (Å²) in [5.41, 5.74) is 0. The molecule has 0 aromatic carbocycles. The third-order valence-corrected chi connectivity index (χ3v) is 14.8. The summed E-state index contributed by atoms with van der Waals surface area (Å²) in [4.78, 5) is 41.2. The van der Waals surface area contributed by atoms with E-state index in [1.54, 1.807) is 4.72 Å². The number of aliphatic carboxylic acids is 2. The van der Waals surface area contributed by atoms with Crippen LogP contribution in [0.5, 0.6) is 0 Å². The standard InChI is InChI=1S/C14H23NO13S.C11H21NO13S2.C6H13NO10S2.C6H8O8S.CH2O2.3CH4.9Na.3H2O/c1-5(16)15-9-7(17)2-6(3-26-29(22,23)24)27-14(9)28-11-10(19)8(18)4-25-12(11)13(20)21;13-6-1-5(2-23-27(19,20)21)24-11(9(6)12-26(16,17)18)25-8-4-22-3-7(14)10(8)15;8-4-1-3(2-16-19(13,14)15)17-6(9)5(4)7-18(10,11)12;7-3-1-4(6(8)9)13-2-5(3)14-15(10,11)12;2-1-3;;;;;;;;;;;;;;;/h6-12,14,17-19H,2-4H2,1H3,(H,15,16)(H,20,21)(H,22,23,24);5-15H,1-4H2,(H,16,17,18)(H,19,20,21);3-9H,1-2H2,(H,10,11,12)(H,13,14,15);1,3,5,7H,2H2,(H,8,9)(H,10,11,12);1H,(H,2,3);3*1H4;;;;;;;;;;3*1H2/q;;;;;;;;9*+1;;;/p-9. The smallest absolute Gasteiger partial charge is 0.735 e. The van der Waals surface area contributed by atoms with Gasteiger partial charge in [0.1, 0.15) is 79.3 Å². The maximum atomic E-state index is 11.4. The second kappa shape index (κ2) is 67.4.